The number of aromatic nitrogens is 3. The van der Waals surface area contributed by atoms with Crippen LogP contribution in [0.4, 0.5) is 0 Å². The molecule has 3 aromatic rings. The number of nitrogens with zero attached hydrogens (tertiary/aromatic N) is 3. The number of fused-ring (bicyclic) bond motifs is 1. The van der Waals surface area contributed by atoms with Crippen molar-refractivity contribution in [3.63, 3.8) is 0 Å². The second-order valence-corrected chi connectivity index (χ2v) is 8.63. The Kier molecular flexibility index (Phi) is 4.42. The number of rotatable bonds is 5. The Morgan fingerprint density at radius 3 is 2.63 bits per heavy atom. The van der Waals surface area contributed by atoms with Crippen molar-refractivity contribution in [3.8, 4) is 16.9 Å². The maximum Gasteiger partial charge on any atom is 0.253 e. The van der Waals surface area contributed by atoms with E-state index in [9.17, 15) is 9.00 Å². The topological polar surface area (TPSA) is 66.1 Å². The zero-order chi connectivity index (χ0) is 19.3. The fourth-order valence-corrected chi connectivity index (χ4v) is 4.04. The van der Waals surface area contributed by atoms with Crippen molar-refractivity contribution in [2.75, 3.05) is 12.9 Å². The van der Waals surface area contributed by atoms with Gasteiger partial charge in [0.2, 0.25) is 0 Å². The second-order valence-electron chi connectivity index (χ2n) is 7.33. The van der Waals surface area contributed by atoms with Crippen LogP contribution in [0.3, 0.4) is 0 Å². The van der Waals surface area contributed by atoms with Gasteiger partial charge in [0.05, 0.1) is 22.9 Å². The van der Waals surface area contributed by atoms with E-state index >= 15 is 0 Å². The summed E-state index contributed by atoms with van der Waals surface area (Å²) < 4.78 is 21.6. The van der Waals surface area contributed by atoms with Crippen molar-refractivity contribution >= 4 is 21.7 Å². The highest BCUT2D eigenvalue weighted by molar-refractivity contribution is 7.84. The van der Waals surface area contributed by atoms with Crippen LogP contribution in [0, 0.1) is 12.8 Å². The number of ether oxygens (including phenoxy) is 1. The van der Waals surface area contributed by atoms with E-state index < -0.39 is 10.8 Å². The van der Waals surface area contributed by atoms with Crippen molar-refractivity contribution in [3.05, 3.63) is 40.3 Å². The van der Waals surface area contributed by atoms with Crippen molar-refractivity contribution in [2.45, 2.75) is 24.8 Å². The minimum atomic E-state index is -1.20. The molecular weight excluding hydrogens is 362 g/mol. The summed E-state index contributed by atoms with van der Waals surface area (Å²) in [4.78, 5) is 12.1. The lowest BCUT2D eigenvalue weighted by Gasteiger charge is -2.14. The van der Waals surface area contributed by atoms with Crippen LogP contribution in [0.1, 0.15) is 18.4 Å². The molecule has 4 rings (SSSR count). The van der Waals surface area contributed by atoms with Gasteiger partial charge in [0.15, 0.2) is 5.03 Å². The summed E-state index contributed by atoms with van der Waals surface area (Å²) >= 11 is 0. The molecule has 1 aromatic carbocycles. The summed E-state index contributed by atoms with van der Waals surface area (Å²) in [5.74, 6) is 1.39. The van der Waals surface area contributed by atoms with E-state index in [1.807, 2.05) is 38.4 Å². The zero-order valence-electron chi connectivity index (χ0n) is 16.0. The van der Waals surface area contributed by atoms with Crippen molar-refractivity contribution in [1.29, 1.82) is 0 Å². The van der Waals surface area contributed by atoms with E-state index in [0.29, 0.717) is 23.1 Å². The SMILES string of the molecule is Cc1cc(-c2cc3c(S(C)=O)nn(C)c3cc2OCC2CC2)cn(C)c1=O. The fraction of sp³-hybridized carbons (Fsp3) is 0.400. The quantitative estimate of drug-likeness (QED) is 0.677. The summed E-state index contributed by atoms with van der Waals surface area (Å²) in [5.41, 5.74) is 3.34. The lowest BCUT2D eigenvalue weighted by Crippen LogP contribution is -2.18. The number of pyridine rings is 1. The van der Waals surface area contributed by atoms with Crippen LogP contribution >= 0.6 is 0 Å². The standard InChI is InChI=1S/C20H23N3O3S/c1-12-7-14(10-22(2)20(12)24)15-8-16-17(23(3)21-19(16)27(4)25)9-18(15)26-11-13-5-6-13/h7-10,13H,5-6,11H2,1-4H3. The molecule has 0 spiro atoms. The summed E-state index contributed by atoms with van der Waals surface area (Å²) in [6.07, 6.45) is 5.87. The van der Waals surface area contributed by atoms with Gasteiger partial charge in [-0.05, 0) is 37.8 Å². The highest BCUT2D eigenvalue weighted by Gasteiger charge is 2.24. The van der Waals surface area contributed by atoms with Crippen LogP contribution in [0.2, 0.25) is 0 Å². The molecule has 1 aliphatic carbocycles. The highest BCUT2D eigenvalue weighted by Crippen LogP contribution is 2.37. The Morgan fingerprint density at radius 1 is 1.26 bits per heavy atom. The Hall–Kier alpha value is -2.41. The molecule has 6 nitrogen and oxygen atoms in total. The van der Waals surface area contributed by atoms with Crippen molar-refractivity contribution in [1.82, 2.24) is 14.3 Å². The summed E-state index contributed by atoms with van der Waals surface area (Å²) in [6.45, 7) is 2.50. The van der Waals surface area contributed by atoms with Crippen LogP contribution in [0.15, 0.2) is 34.2 Å². The maximum absolute atomic E-state index is 12.1. The summed E-state index contributed by atoms with van der Waals surface area (Å²) in [6, 6.07) is 5.84. The average molecular weight is 385 g/mol. The summed E-state index contributed by atoms with van der Waals surface area (Å²) in [5, 5.41) is 5.83. The molecule has 2 heterocycles. The number of benzene rings is 1. The molecule has 27 heavy (non-hydrogen) atoms. The third kappa shape index (κ3) is 3.32. The molecule has 142 valence electrons. The molecule has 0 N–H and O–H groups in total. The Labute approximate surface area is 160 Å². The molecule has 7 heteroatoms. The molecule has 1 saturated carbocycles. The molecule has 0 radical (unpaired) electrons. The van der Waals surface area contributed by atoms with Crippen molar-refractivity contribution < 1.29 is 8.95 Å². The molecule has 0 aliphatic heterocycles. The normalized spacial score (nSPS) is 15.3. The van der Waals surface area contributed by atoms with Gasteiger partial charge in [0.1, 0.15) is 5.75 Å². The largest absolute Gasteiger partial charge is 0.493 e. The van der Waals surface area contributed by atoms with Gasteiger partial charge in [0.25, 0.3) is 5.56 Å². The third-order valence-corrected chi connectivity index (χ3v) is 5.88. The minimum Gasteiger partial charge on any atom is -0.493 e. The van der Waals surface area contributed by atoms with Gasteiger partial charge in [-0.3, -0.25) is 13.7 Å². The first kappa shape index (κ1) is 18.0. The van der Waals surface area contributed by atoms with Gasteiger partial charge in [-0.25, -0.2) is 0 Å². The predicted octanol–water partition coefficient (Wildman–Crippen LogP) is 2.77. The molecular formula is C20H23N3O3S. The first-order chi connectivity index (χ1) is 12.8. The fourth-order valence-electron chi connectivity index (χ4n) is 3.33. The van der Waals surface area contributed by atoms with Crippen LogP contribution in [0.5, 0.6) is 5.75 Å². The molecule has 0 saturated heterocycles. The van der Waals surface area contributed by atoms with Gasteiger partial charge in [0, 0.05) is 54.7 Å². The third-order valence-electron chi connectivity index (χ3n) is 5.03. The second kappa shape index (κ2) is 6.64. The van der Waals surface area contributed by atoms with Crippen molar-refractivity contribution in [2.24, 2.45) is 20.0 Å². The van der Waals surface area contributed by atoms with E-state index in [0.717, 1.165) is 27.8 Å². The minimum absolute atomic E-state index is 0.0167. The van der Waals surface area contributed by atoms with E-state index in [4.69, 9.17) is 4.74 Å². The summed E-state index contributed by atoms with van der Waals surface area (Å²) in [7, 11) is 2.40. The van der Waals surface area contributed by atoms with E-state index in [2.05, 4.69) is 5.10 Å². The Bertz CT molecular complexity index is 1100. The van der Waals surface area contributed by atoms with Crippen LogP contribution in [-0.2, 0) is 24.9 Å². The average Bonchev–Trinajstić information content (AvgIpc) is 3.40. The van der Waals surface area contributed by atoms with Gasteiger partial charge in [-0.15, -0.1) is 0 Å². The maximum atomic E-state index is 12.1. The van der Waals surface area contributed by atoms with Crippen LogP contribution < -0.4 is 10.3 Å². The van der Waals surface area contributed by atoms with Gasteiger partial charge in [-0.2, -0.15) is 5.10 Å². The highest BCUT2D eigenvalue weighted by atomic mass is 32.2. The number of hydrogen-bond acceptors (Lipinski definition) is 4. The molecule has 2 aromatic heterocycles. The van der Waals surface area contributed by atoms with Gasteiger partial charge < -0.3 is 9.30 Å². The Balaban J connectivity index is 1.94. The van der Waals surface area contributed by atoms with E-state index in [-0.39, 0.29) is 5.56 Å². The molecule has 0 bridgehead atoms. The molecule has 0 amide bonds. The monoisotopic (exact) mass is 385 g/mol. The molecule has 1 aliphatic rings. The lowest BCUT2D eigenvalue weighted by molar-refractivity contribution is 0.301. The predicted molar refractivity (Wildman–Crippen MR) is 107 cm³/mol. The molecule has 1 atom stereocenters. The van der Waals surface area contributed by atoms with Gasteiger partial charge >= 0.3 is 0 Å². The van der Waals surface area contributed by atoms with E-state index in [1.165, 1.54) is 12.8 Å². The first-order valence-electron chi connectivity index (χ1n) is 8.99. The van der Waals surface area contributed by atoms with Crippen LogP contribution in [-0.4, -0.2) is 31.4 Å². The molecule has 1 unspecified atom stereocenters. The van der Waals surface area contributed by atoms with Crippen LogP contribution in [0.25, 0.3) is 22.0 Å². The zero-order valence-corrected chi connectivity index (χ0v) is 16.8. The molecule has 1 fully saturated rings. The Morgan fingerprint density at radius 2 is 2.00 bits per heavy atom. The number of aryl methyl sites for hydroxylation is 3. The number of hydrogen-bond donors (Lipinski definition) is 0. The smallest absolute Gasteiger partial charge is 0.253 e. The first-order valence-corrected chi connectivity index (χ1v) is 10.6. The van der Waals surface area contributed by atoms with Gasteiger partial charge in [-0.1, -0.05) is 0 Å². The van der Waals surface area contributed by atoms with E-state index in [1.54, 1.807) is 22.6 Å². The lowest BCUT2D eigenvalue weighted by atomic mass is 10.0.